The van der Waals surface area contributed by atoms with Crippen molar-refractivity contribution in [1.29, 1.82) is 0 Å². The van der Waals surface area contributed by atoms with E-state index in [1.807, 2.05) is 6.07 Å². The quantitative estimate of drug-likeness (QED) is 0.682. The highest BCUT2D eigenvalue weighted by Crippen LogP contribution is 2.22. The van der Waals surface area contributed by atoms with Gasteiger partial charge in [-0.15, -0.1) is 12.4 Å². The van der Waals surface area contributed by atoms with E-state index in [4.69, 9.17) is 0 Å². The third kappa shape index (κ3) is 5.73. The second kappa shape index (κ2) is 9.36. The van der Waals surface area contributed by atoms with Gasteiger partial charge in [0.25, 0.3) is 0 Å². The minimum atomic E-state index is -3.29. The molecule has 1 aromatic rings. The molecule has 0 saturated carbocycles. The molecule has 24 heavy (non-hydrogen) atoms. The molecule has 1 unspecified atom stereocenters. The standard InChI is InChI=1S/C14H25N5O3S.ClH/c1-18(2)23(21,22)9-8-16-14(20)11-19-13(5-7-17-19)12-4-3-6-15-10-12;/h5,7,12,15H,3-4,6,8-11H2,1-2H3,(H,16,20);1H. The van der Waals surface area contributed by atoms with E-state index in [0.717, 1.165) is 35.9 Å². The highest BCUT2D eigenvalue weighted by molar-refractivity contribution is 7.89. The molecule has 0 aliphatic carbocycles. The average Bonchev–Trinajstić information content (AvgIpc) is 2.95. The van der Waals surface area contributed by atoms with Gasteiger partial charge in [-0.2, -0.15) is 5.10 Å². The fourth-order valence-electron chi connectivity index (χ4n) is 2.62. The first-order chi connectivity index (χ1) is 10.9. The van der Waals surface area contributed by atoms with Gasteiger partial charge < -0.3 is 10.6 Å². The topological polar surface area (TPSA) is 96.3 Å². The molecule has 1 amide bonds. The number of rotatable bonds is 7. The van der Waals surface area contributed by atoms with Crippen molar-refractivity contribution in [2.45, 2.75) is 25.3 Å². The zero-order valence-corrected chi connectivity index (χ0v) is 15.7. The number of carbonyl (C=O) groups excluding carboxylic acids is 1. The van der Waals surface area contributed by atoms with E-state index in [1.54, 1.807) is 10.9 Å². The van der Waals surface area contributed by atoms with Crippen molar-refractivity contribution in [2.24, 2.45) is 0 Å². The highest BCUT2D eigenvalue weighted by atomic mass is 35.5. The Labute approximate surface area is 149 Å². The first-order valence-corrected chi connectivity index (χ1v) is 9.40. The van der Waals surface area contributed by atoms with Gasteiger partial charge in [0.2, 0.25) is 15.9 Å². The van der Waals surface area contributed by atoms with Crippen LogP contribution in [0.1, 0.15) is 24.5 Å². The molecular formula is C14H26ClN5O3S. The van der Waals surface area contributed by atoms with Gasteiger partial charge in [0, 0.05) is 45.0 Å². The summed E-state index contributed by atoms with van der Waals surface area (Å²) in [6.07, 6.45) is 3.90. The van der Waals surface area contributed by atoms with Crippen molar-refractivity contribution >= 4 is 28.3 Å². The second-order valence-electron chi connectivity index (χ2n) is 5.91. The molecule has 1 aromatic heterocycles. The molecule has 2 N–H and O–H groups in total. The average molecular weight is 380 g/mol. The maximum Gasteiger partial charge on any atom is 0.241 e. The van der Waals surface area contributed by atoms with Gasteiger partial charge in [0.15, 0.2) is 0 Å². The Morgan fingerprint density at radius 1 is 1.50 bits per heavy atom. The number of carbonyl (C=O) groups is 1. The normalized spacial score (nSPS) is 18.2. The lowest BCUT2D eigenvalue weighted by molar-refractivity contribution is -0.121. The molecule has 2 heterocycles. The summed E-state index contributed by atoms with van der Waals surface area (Å²) in [7, 11) is -0.338. The molecule has 1 aliphatic rings. The molecule has 1 aliphatic heterocycles. The summed E-state index contributed by atoms with van der Waals surface area (Å²) in [4.78, 5) is 12.0. The number of amides is 1. The lowest BCUT2D eigenvalue weighted by Gasteiger charge is -2.23. The summed E-state index contributed by atoms with van der Waals surface area (Å²) < 4.78 is 26.1. The van der Waals surface area contributed by atoms with E-state index in [9.17, 15) is 13.2 Å². The van der Waals surface area contributed by atoms with Crippen LogP contribution in [-0.2, 0) is 21.4 Å². The van der Waals surface area contributed by atoms with Crippen molar-refractivity contribution < 1.29 is 13.2 Å². The number of halogens is 1. The molecule has 0 aromatic carbocycles. The summed E-state index contributed by atoms with van der Waals surface area (Å²) in [5, 5.41) is 10.2. The Kier molecular flexibility index (Phi) is 8.14. The molecule has 138 valence electrons. The maximum atomic E-state index is 12.0. The summed E-state index contributed by atoms with van der Waals surface area (Å²) in [6.45, 7) is 2.14. The van der Waals surface area contributed by atoms with E-state index in [0.29, 0.717) is 5.92 Å². The third-order valence-electron chi connectivity index (χ3n) is 4.00. The lowest BCUT2D eigenvalue weighted by Crippen LogP contribution is -2.36. The SMILES string of the molecule is CN(C)S(=O)(=O)CCNC(=O)Cn1nccc1C1CCCNC1.Cl. The minimum absolute atomic E-state index is 0. The van der Waals surface area contributed by atoms with Gasteiger partial charge in [0.05, 0.1) is 5.75 Å². The van der Waals surface area contributed by atoms with Crippen LogP contribution >= 0.6 is 12.4 Å². The summed E-state index contributed by atoms with van der Waals surface area (Å²) in [5.41, 5.74) is 1.05. The summed E-state index contributed by atoms with van der Waals surface area (Å²) in [6, 6.07) is 1.95. The highest BCUT2D eigenvalue weighted by Gasteiger charge is 2.20. The largest absolute Gasteiger partial charge is 0.353 e. The van der Waals surface area contributed by atoms with E-state index in [2.05, 4.69) is 15.7 Å². The number of sulfonamides is 1. The Bertz CT molecular complexity index is 626. The molecule has 0 spiro atoms. The number of aromatic nitrogens is 2. The van der Waals surface area contributed by atoms with Crippen molar-refractivity contribution in [1.82, 2.24) is 24.7 Å². The van der Waals surface area contributed by atoms with E-state index < -0.39 is 10.0 Å². The lowest BCUT2D eigenvalue weighted by atomic mass is 9.96. The van der Waals surface area contributed by atoms with Crippen LogP contribution in [0.15, 0.2) is 12.3 Å². The zero-order chi connectivity index (χ0) is 16.9. The molecule has 1 saturated heterocycles. The predicted octanol–water partition coefficient (Wildman–Crippen LogP) is -0.220. The van der Waals surface area contributed by atoms with Gasteiger partial charge in [0.1, 0.15) is 6.54 Å². The number of hydrogen-bond donors (Lipinski definition) is 2. The third-order valence-corrected chi connectivity index (χ3v) is 5.83. The molecule has 8 nitrogen and oxygen atoms in total. The summed E-state index contributed by atoms with van der Waals surface area (Å²) >= 11 is 0. The number of nitrogens with one attached hydrogen (secondary N) is 2. The van der Waals surface area contributed by atoms with E-state index >= 15 is 0 Å². The van der Waals surface area contributed by atoms with E-state index in [1.165, 1.54) is 14.1 Å². The van der Waals surface area contributed by atoms with Crippen molar-refractivity contribution in [2.75, 3.05) is 39.5 Å². The van der Waals surface area contributed by atoms with Gasteiger partial charge in [-0.1, -0.05) is 0 Å². The van der Waals surface area contributed by atoms with Gasteiger partial charge in [-0.25, -0.2) is 12.7 Å². The van der Waals surface area contributed by atoms with Crippen LogP contribution in [0.4, 0.5) is 0 Å². The monoisotopic (exact) mass is 379 g/mol. The van der Waals surface area contributed by atoms with Crippen LogP contribution in [0, 0.1) is 0 Å². The minimum Gasteiger partial charge on any atom is -0.353 e. The van der Waals surface area contributed by atoms with Crippen LogP contribution in [0.2, 0.25) is 0 Å². The Hall–Kier alpha value is -1.16. The number of hydrogen-bond acceptors (Lipinski definition) is 5. The number of piperidine rings is 1. The Morgan fingerprint density at radius 2 is 2.25 bits per heavy atom. The predicted molar refractivity (Wildman–Crippen MR) is 94.8 cm³/mol. The van der Waals surface area contributed by atoms with Crippen molar-refractivity contribution in [3.05, 3.63) is 18.0 Å². The van der Waals surface area contributed by atoms with Crippen LogP contribution in [0.25, 0.3) is 0 Å². The van der Waals surface area contributed by atoms with Crippen molar-refractivity contribution in [3.63, 3.8) is 0 Å². The van der Waals surface area contributed by atoms with Crippen LogP contribution in [-0.4, -0.2) is 67.9 Å². The zero-order valence-electron chi connectivity index (χ0n) is 14.1. The van der Waals surface area contributed by atoms with Gasteiger partial charge in [-0.3, -0.25) is 9.48 Å². The molecule has 0 bridgehead atoms. The second-order valence-corrected chi connectivity index (χ2v) is 8.21. The van der Waals surface area contributed by atoms with Crippen molar-refractivity contribution in [3.8, 4) is 0 Å². The first kappa shape index (κ1) is 20.9. The first-order valence-electron chi connectivity index (χ1n) is 7.79. The summed E-state index contributed by atoms with van der Waals surface area (Å²) in [5.74, 6) is 0.0328. The Balaban J connectivity index is 0.00000288. The Morgan fingerprint density at radius 3 is 2.88 bits per heavy atom. The molecule has 2 rings (SSSR count). The molecule has 10 heteroatoms. The molecule has 1 atom stereocenters. The van der Waals surface area contributed by atoms with Gasteiger partial charge >= 0.3 is 0 Å². The smallest absolute Gasteiger partial charge is 0.241 e. The fraction of sp³-hybridized carbons (Fsp3) is 0.714. The van der Waals surface area contributed by atoms with Crippen LogP contribution in [0.5, 0.6) is 0 Å². The van der Waals surface area contributed by atoms with Crippen LogP contribution in [0.3, 0.4) is 0 Å². The molecular weight excluding hydrogens is 354 g/mol. The molecule has 0 radical (unpaired) electrons. The van der Waals surface area contributed by atoms with Gasteiger partial charge in [-0.05, 0) is 25.5 Å². The fourth-order valence-corrected chi connectivity index (χ4v) is 3.35. The number of nitrogens with zero attached hydrogens (tertiary/aromatic N) is 3. The molecule has 1 fully saturated rings. The van der Waals surface area contributed by atoms with E-state index in [-0.39, 0.29) is 37.2 Å². The maximum absolute atomic E-state index is 12.0. The van der Waals surface area contributed by atoms with Crippen LogP contribution < -0.4 is 10.6 Å².